The number of carbonyl (C=O) groups excluding carboxylic acids is 1. The summed E-state index contributed by atoms with van der Waals surface area (Å²) in [6, 6.07) is 10.1. The summed E-state index contributed by atoms with van der Waals surface area (Å²) in [7, 11) is 0. The maximum absolute atomic E-state index is 12.2. The maximum Gasteiger partial charge on any atom is 0.271 e. The topological polar surface area (TPSA) is 79.8 Å². The number of amides is 1. The lowest BCUT2D eigenvalue weighted by Gasteiger charge is -2.11. The Labute approximate surface area is 145 Å². The van der Waals surface area contributed by atoms with Gasteiger partial charge in [-0.15, -0.1) is 0 Å². The number of fused-ring (bicyclic) bond motifs is 1. The van der Waals surface area contributed by atoms with E-state index in [2.05, 4.69) is 25.6 Å². The van der Waals surface area contributed by atoms with Gasteiger partial charge in [-0.05, 0) is 25.0 Å². The molecule has 0 radical (unpaired) electrons. The molecule has 1 aromatic carbocycles. The van der Waals surface area contributed by atoms with Gasteiger partial charge in [-0.25, -0.2) is 9.97 Å². The van der Waals surface area contributed by atoms with E-state index < -0.39 is 0 Å². The van der Waals surface area contributed by atoms with Gasteiger partial charge < -0.3 is 10.6 Å². The Morgan fingerprint density at radius 3 is 2.64 bits per heavy atom. The number of carbonyl (C=O) groups is 1. The quantitative estimate of drug-likeness (QED) is 0.764. The third-order valence-corrected chi connectivity index (χ3v) is 4.47. The number of nitrogens with one attached hydrogen (secondary N) is 2. The number of rotatable bonds is 4. The van der Waals surface area contributed by atoms with Crippen LogP contribution in [0.15, 0.2) is 48.9 Å². The summed E-state index contributed by atoms with van der Waals surface area (Å²) < 4.78 is 0. The SMILES string of the molecule is O=C(NC1CCCC1)c1cnc(Nc2cccc3cccnc23)cn1. The summed E-state index contributed by atoms with van der Waals surface area (Å²) in [5.41, 5.74) is 2.07. The molecule has 0 aliphatic heterocycles. The average molecular weight is 333 g/mol. The number of hydrogen-bond acceptors (Lipinski definition) is 5. The van der Waals surface area contributed by atoms with Gasteiger partial charge in [-0.2, -0.15) is 0 Å². The molecule has 1 aliphatic rings. The number of hydrogen-bond donors (Lipinski definition) is 2. The molecule has 1 fully saturated rings. The summed E-state index contributed by atoms with van der Waals surface area (Å²) in [4.78, 5) is 25.2. The fourth-order valence-electron chi connectivity index (χ4n) is 3.18. The van der Waals surface area contributed by atoms with Crippen molar-refractivity contribution in [1.82, 2.24) is 20.3 Å². The first-order valence-electron chi connectivity index (χ1n) is 8.53. The van der Waals surface area contributed by atoms with E-state index >= 15 is 0 Å². The summed E-state index contributed by atoms with van der Waals surface area (Å²) in [5, 5.41) is 7.28. The lowest BCUT2D eigenvalue weighted by Crippen LogP contribution is -2.33. The van der Waals surface area contributed by atoms with Crippen molar-refractivity contribution in [3.8, 4) is 0 Å². The Kier molecular flexibility index (Phi) is 4.24. The van der Waals surface area contributed by atoms with Crippen molar-refractivity contribution < 1.29 is 4.79 Å². The minimum atomic E-state index is -0.155. The van der Waals surface area contributed by atoms with Crippen molar-refractivity contribution in [2.75, 3.05) is 5.32 Å². The zero-order valence-corrected chi connectivity index (χ0v) is 13.8. The van der Waals surface area contributed by atoms with E-state index in [1.165, 1.54) is 19.0 Å². The molecule has 6 nitrogen and oxygen atoms in total. The number of para-hydroxylation sites is 1. The molecule has 2 heterocycles. The summed E-state index contributed by atoms with van der Waals surface area (Å²) >= 11 is 0. The van der Waals surface area contributed by atoms with Crippen molar-refractivity contribution in [2.24, 2.45) is 0 Å². The zero-order valence-electron chi connectivity index (χ0n) is 13.8. The minimum Gasteiger partial charge on any atom is -0.348 e. The van der Waals surface area contributed by atoms with Crippen LogP contribution in [-0.2, 0) is 0 Å². The molecule has 0 unspecified atom stereocenters. The van der Waals surface area contributed by atoms with Crippen LogP contribution in [0.4, 0.5) is 11.5 Å². The highest BCUT2D eigenvalue weighted by molar-refractivity contribution is 5.93. The average Bonchev–Trinajstić information content (AvgIpc) is 3.16. The van der Waals surface area contributed by atoms with Gasteiger partial charge in [0.2, 0.25) is 0 Å². The molecule has 126 valence electrons. The Balaban J connectivity index is 1.49. The largest absolute Gasteiger partial charge is 0.348 e. The predicted molar refractivity (Wildman–Crippen MR) is 96.8 cm³/mol. The first-order chi connectivity index (χ1) is 12.3. The molecule has 25 heavy (non-hydrogen) atoms. The van der Waals surface area contributed by atoms with E-state index in [1.54, 1.807) is 12.4 Å². The normalized spacial score (nSPS) is 14.6. The lowest BCUT2D eigenvalue weighted by atomic mass is 10.2. The third kappa shape index (κ3) is 3.42. The zero-order chi connectivity index (χ0) is 17.1. The smallest absolute Gasteiger partial charge is 0.271 e. The molecule has 0 bridgehead atoms. The van der Waals surface area contributed by atoms with Crippen LogP contribution in [0.2, 0.25) is 0 Å². The molecule has 1 amide bonds. The van der Waals surface area contributed by atoms with E-state index in [1.807, 2.05) is 30.3 Å². The Hall–Kier alpha value is -3.02. The second kappa shape index (κ2) is 6.84. The molecule has 2 N–H and O–H groups in total. The molecule has 2 aromatic heterocycles. The second-order valence-corrected chi connectivity index (χ2v) is 6.25. The van der Waals surface area contributed by atoms with Crippen LogP contribution in [0.5, 0.6) is 0 Å². The van der Waals surface area contributed by atoms with E-state index in [4.69, 9.17) is 0 Å². The van der Waals surface area contributed by atoms with Crippen LogP contribution in [-0.4, -0.2) is 26.9 Å². The number of anilines is 2. The molecule has 3 aromatic rings. The fourth-order valence-corrected chi connectivity index (χ4v) is 3.18. The van der Waals surface area contributed by atoms with Crippen LogP contribution in [0, 0.1) is 0 Å². The Bertz CT molecular complexity index is 882. The van der Waals surface area contributed by atoms with Gasteiger partial charge in [0.05, 0.1) is 23.6 Å². The first kappa shape index (κ1) is 15.5. The van der Waals surface area contributed by atoms with Crippen molar-refractivity contribution in [3.63, 3.8) is 0 Å². The number of benzene rings is 1. The van der Waals surface area contributed by atoms with Gasteiger partial charge in [0.25, 0.3) is 5.91 Å². The molecule has 1 saturated carbocycles. The number of pyridine rings is 1. The third-order valence-electron chi connectivity index (χ3n) is 4.47. The summed E-state index contributed by atoms with van der Waals surface area (Å²) in [6.07, 6.45) is 9.29. The summed E-state index contributed by atoms with van der Waals surface area (Å²) in [6.45, 7) is 0. The van der Waals surface area contributed by atoms with Crippen molar-refractivity contribution in [2.45, 2.75) is 31.7 Å². The summed E-state index contributed by atoms with van der Waals surface area (Å²) in [5.74, 6) is 0.424. The van der Waals surface area contributed by atoms with Gasteiger partial charge in [0, 0.05) is 17.6 Å². The molecule has 4 rings (SSSR count). The van der Waals surface area contributed by atoms with Gasteiger partial charge in [0.1, 0.15) is 11.5 Å². The van der Waals surface area contributed by atoms with E-state index in [0.29, 0.717) is 11.5 Å². The van der Waals surface area contributed by atoms with E-state index in [0.717, 1.165) is 29.4 Å². The maximum atomic E-state index is 12.2. The monoisotopic (exact) mass is 333 g/mol. The molecule has 0 atom stereocenters. The van der Waals surface area contributed by atoms with Crippen LogP contribution in [0.3, 0.4) is 0 Å². The molecule has 0 saturated heterocycles. The van der Waals surface area contributed by atoms with Crippen molar-refractivity contribution in [1.29, 1.82) is 0 Å². The van der Waals surface area contributed by atoms with Crippen molar-refractivity contribution in [3.05, 3.63) is 54.6 Å². The highest BCUT2D eigenvalue weighted by Gasteiger charge is 2.18. The Morgan fingerprint density at radius 1 is 1.00 bits per heavy atom. The number of aromatic nitrogens is 3. The van der Waals surface area contributed by atoms with Gasteiger partial charge >= 0.3 is 0 Å². The first-order valence-corrected chi connectivity index (χ1v) is 8.53. The molecular formula is C19H19N5O. The van der Waals surface area contributed by atoms with Crippen LogP contribution < -0.4 is 10.6 Å². The fraction of sp³-hybridized carbons (Fsp3) is 0.263. The minimum absolute atomic E-state index is 0.155. The second-order valence-electron chi connectivity index (χ2n) is 6.25. The van der Waals surface area contributed by atoms with Crippen molar-refractivity contribution >= 4 is 28.3 Å². The predicted octanol–water partition coefficient (Wildman–Crippen LogP) is 3.44. The van der Waals surface area contributed by atoms with Crippen LogP contribution in [0.25, 0.3) is 10.9 Å². The van der Waals surface area contributed by atoms with Gasteiger partial charge in [-0.1, -0.05) is 31.0 Å². The van der Waals surface area contributed by atoms with Crippen LogP contribution >= 0.6 is 0 Å². The lowest BCUT2D eigenvalue weighted by molar-refractivity contribution is 0.0932. The van der Waals surface area contributed by atoms with Gasteiger partial charge in [0.15, 0.2) is 0 Å². The highest BCUT2D eigenvalue weighted by Crippen LogP contribution is 2.23. The highest BCUT2D eigenvalue weighted by atomic mass is 16.1. The molecule has 0 spiro atoms. The Morgan fingerprint density at radius 2 is 1.84 bits per heavy atom. The van der Waals surface area contributed by atoms with E-state index in [9.17, 15) is 4.79 Å². The van der Waals surface area contributed by atoms with Crippen LogP contribution in [0.1, 0.15) is 36.2 Å². The standard InChI is InChI=1S/C19H19N5O/c25-19(23-14-7-1-2-8-14)16-11-22-17(12-21-16)24-15-9-3-5-13-6-4-10-20-18(13)15/h3-6,9-12,14H,1-2,7-8H2,(H,22,24)(H,23,25). The molecule has 6 heteroatoms. The molecular weight excluding hydrogens is 314 g/mol. The number of nitrogens with zero attached hydrogens (tertiary/aromatic N) is 3. The van der Waals surface area contributed by atoms with Gasteiger partial charge in [-0.3, -0.25) is 9.78 Å². The van der Waals surface area contributed by atoms with E-state index in [-0.39, 0.29) is 11.9 Å². The molecule has 1 aliphatic carbocycles.